The Bertz CT molecular complexity index is 361. The Balaban J connectivity index is 2.38. The lowest BCUT2D eigenvalue weighted by atomic mass is 10.0. The van der Waals surface area contributed by atoms with Gasteiger partial charge in [0.2, 0.25) is 0 Å². The summed E-state index contributed by atoms with van der Waals surface area (Å²) < 4.78 is 38.6. The third-order valence-corrected chi connectivity index (χ3v) is 2.55. The van der Waals surface area contributed by atoms with Gasteiger partial charge in [-0.25, -0.2) is 13.2 Å². The molecule has 2 N–H and O–H groups in total. The SMILES string of the molecule is NC(c1ccc(F)c(F)c1F)C1CC1. The number of benzene rings is 1. The van der Waals surface area contributed by atoms with Crippen LogP contribution < -0.4 is 5.73 Å². The molecule has 0 aromatic heterocycles. The van der Waals surface area contributed by atoms with Gasteiger partial charge in [0.05, 0.1) is 0 Å². The van der Waals surface area contributed by atoms with Crippen LogP contribution in [0, 0.1) is 23.4 Å². The standard InChI is InChI=1S/C10H10F3N/c11-7-4-3-6(8(12)9(7)13)10(14)5-1-2-5/h3-5,10H,1-2,14H2. The minimum Gasteiger partial charge on any atom is -0.324 e. The molecule has 1 aromatic carbocycles. The fraction of sp³-hybridized carbons (Fsp3) is 0.400. The van der Waals surface area contributed by atoms with Gasteiger partial charge >= 0.3 is 0 Å². The molecule has 1 nitrogen and oxygen atoms in total. The highest BCUT2D eigenvalue weighted by Crippen LogP contribution is 2.40. The molecular formula is C10H10F3N. The van der Waals surface area contributed by atoms with Crippen LogP contribution in [0.4, 0.5) is 13.2 Å². The largest absolute Gasteiger partial charge is 0.324 e. The van der Waals surface area contributed by atoms with Gasteiger partial charge in [-0.15, -0.1) is 0 Å². The molecule has 0 spiro atoms. The molecule has 1 unspecified atom stereocenters. The lowest BCUT2D eigenvalue weighted by Crippen LogP contribution is -2.15. The van der Waals surface area contributed by atoms with Crippen molar-refractivity contribution in [1.82, 2.24) is 0 Å². The highest BCUT2D eigenvalue weighted by atomic mass is 19.2. The monoisotopic (exact) mass is 201 g/mol. The van der Waals surface area contributed by atoms with Crippen LogP contribution in [-0.2, 0) is 0 Å². The minimum atomic E-state index is -1.43. The summed E-state index contributed by atoms with van der Waals surface area (Å²) in [6, 6.07) is 1.62. The van der Waals surface area contributed by atoms with Crippen LogP contribution in [0.15, 0.2) is 12.1 Å². The third kappa shape index (κ3) is 1.50. The van der Waals surface area contributed by atoms with E-state index < -0.39 is 23.5 Å². The zero-order chi connectivity index (χ0) is 10.3. The van der Waals surface area contributed by atoms with E-state index in [9.17, 15) is 13.2 Å². The second-order valence-electron chi connectivity index (χ2n) is 3.63. The molecule has 0 amide bonds. The molecule has 0 aliphatic heterocycles. The predicted molar refractivity (Wildman–Crippen MR) is 46.0 cm³/mol. The van der Waals surface area contributed by atoms with Gasteiger partial charge in [-0.05, 0) is 24.8 Å². The normalized spacial score (nSPS) is 18.3. The topological polar surface area (TPSA) is 26.0 Å². The van der Waals surface area contributed by atoms with Crippen molar-refractivity contribution in [3.05, 3.63) is 35.1 Å². The Morgan fingerprint density at radius 1 is 1.14 bits per heavy atom. The van der Waals surface area contributed by atoms with E-state index in [-0.39, 0.29) is 11.5 Å². The Morgan fingerprint density at radius 2 is 1.79 bits per heavy atom. The molecule has 0 radical (unpaired) electrons. The van der Waals surface area contributed by atoms with Crippen molar-refractivity contribution in [2.24, 2.45) is 11.7 Å². The summed E-state index contributed by atoms with van der Waals surface area (Å²) in [4.78, 5) is 0. The lowest BCUT2D eigenvalue weighted by molar-refractivity contribution is 0.431. The third-order valence-electron chi connectivity index (χ3n) is 2.55. The zero-order valence-electron chi connectivity index (χ0n) is 7.43. The number of hydrogen-bond acceptors (Lipinski definition) is 1. The van der Waals surface area contributed by atoms with E-state index >= 15 is 0 Å². The fourth-order valence-corrected chi connectivity index (χ4v) is 1.51. The molecule has 4 heteroatoms. The number of halogens is 3. The fourth-order valence-electron chi connectivity index (χ4n) is 1.51. The average Bonchev–Trinajstić information content (AvgIpc) is 2.97. The molecule has 1 aliphatic carbocycles. The maximum atomic E-state index is 13.2. The van der Waals surface area contributed by atoms with Crippen LogP contribution in [0.3, 0.4) is 0 Å². The molecule has 2 rings (SSSR count). The Kier molecular flexibility index (Phi) is 2.23. The van der Waals surface area contributed by atoms with Gasteiger partial charge in [0.15, 0.2) is 17.5 Å². The Hall–Kier alpha value is -1.03. The van der Waals surface area contributed by atoms with Gasteiger partial charge in [0.25, 0.3) is 0 Å². The predicted octanol–water partition coefficient (Wildman–Crippen LogP) is 2.51. The first-order valence-corrected chi connectivity index (χ1v) is 4.50. The zero-order valence-corrected chi connectivity index (χ0v) is 7.43. The highest BCUT2D eigenvalue weighted by molar-refractivity contribution is 5.24. The van der Waals surface area contributed by atoms with Crippen molar-refractivity contribution in [3.63, 3.8) is 0 Å². The Morgan fingerprint density at radius 3 is 2.36 bits per heavy atom. The van der Waals surface area contributed by atoms with Gasteiger partial charge in [0.1, 0.15) is 0 Å². The molecular weight excluding hydrogens is 191 g/mol. The molecule has 1 atom stereocenters. The van der Waals surface area contributed by atoms with Crippen molar-refractivity contribution < 1.29 is 13.2 Å². The van der Waals surface area contributed by atoms with E-state index in [0.29, 0.717) is 0 Å². The molecule has 14 heavy (non-hydrogen) atoms. The minimum absolute atomic E-state index is 0.0754. The van der Waals surface area contributed by atoms with Crippen molar-refractivity contribution in [3.8, 4) is 0 Å². The van der Waals surface area contributed by atoms with Crippen LogP contribution in [0.5, 0.6) is 0 Å². The van der Waals surface area contributed by atoms with Gasteiger partial charge < -0.3 is 5.73 Å². The number of rotatable bonds is 2. The van der Waals surface area contributed by atoms with E-state index in [1.54, 1.807) is 0 Å². The van der Waals surface area contributed by atoms with E-state index in [1.165, 1.54) is 6.07 Å². The molecule has 1 fully saturated rings. The van der Waals surface area contributed by atoms with E-state index in [2.05, 4.69) is 0 Å². The van der Waals surface area contributed by atoms with Crippen LogP contribution >= 0.6 is 0 Å². The summed E-state index contributed by atoms with van der Waals surface area (Å²) >= 11 is 0. The quantitative estimate of drug-likeness (QED) is 0.731. The van der Waals surface area contributed by atoms with Crippen molar-refractivity contribution in [2.75, 3.05) is 0 Å². The van der Waals surface area contributed by atoms with Gasteiger partial charge in [-0.1, -0.05) is 6.07 Å². The van der Waals surface area contributed by atoms with Gasteiger partial charge in [-0.2, -0.15) is 0 Å². The first kappa shape index (κ1) is 9.52. The van der Waals surface area contributed by atoms with Gasteiger partial charge in [0, 0.05) is 11.6 Å². The molecule has 0 heterocycles. The molecule has 1 aliphatic rings. The second-order valence-corrected chi connectivity index (χ2v) is 3.63. The second kappa shape index (κ2) is 3.28. The number of nitrogens with two attached hydrogens (primary N) is 1. The molecule has 0 saturated heterocycles. The summed E-state index contributed by atoms with van der Waals surface area (Å²) in [5, 5.41) is 0. The summed E-state index contributed by atoms with van der Waals surface area (Å²) in [6.07, 6.45) is 1.86. The molecule has 1 saturated carbocycles. The van der Waals surface area contributed by atoms with Crippen LogP contribution in [0.25, 0.3) is 0 Å². The van der Waals surface area contributed by atoms with Gasteiger partial charge in [-0.3, -0.25) is 0 Å². The van der Waals surface area contributed by atoms with Crippen LogP contribution in [0.1, 0.15) is 24.4 Å². The Labute approximate surface area is 79.7 Å². The molecule has 1 aromatic rings. The summed E-state index contributed by atoms with van der Waals surface area (Å²) in [7, 11) is 0. The summed E-state index contributed by atoms with van der Waals surface area (Å²) in [6.45, 7) is 0. The van der Waals surface area contributed by atoms with Crippen molar-refractivity contribution in [1.29, 1.82) is 0 Å². The van der Waals surface area contributed by atoms with Crippen LogP contribution in [-0.4, -0.2) is 0 Å². The summed E-state index contributed by atoms with van der Waals surface area (Å²) in [5.74, 6) is -3.54. The number of hydrogen-bond donors (Lipinski definition) is 1. The van der Waals surface area contributed by atoms with E-state index in [1.807, 2.05) is 0 Å². The van der Waals surface area contributed by atoms with E-state index in [0.717, 1.165) is 18.9 Å². The van der Waals surface area contributed by atoms with E-state index in [4.69, 9.17) is 5.73 Å². The smallest absolute Gasteiger partial charge is 0.194 e. The van der Waals surface area contributed by atoms with Crippen molar-refractivity contribution in [2.45, 2.75) is 18.9 Å². The lowest BCUT2D eigenvalue weighted by Gasteiger charge is -2.11. The molecule has 76 valence electrons. The summed E-state index contributed by atoms with van der Waals surface area (Å²) in [5.41, 5.74) is 5.77. The first-order valence-electron chi connectivity index (χ1n) is 4.50. The van der Waals surface area contributed by atoms with Crippen molar-refractivity contribution >= 4 is 0 Å². The first-order chi connectivity index (χ1) is 6.61. The highest BCUT2D eigenvalue weighted by Gasteiger charge is 2.32. The van der Waals surface area contributed by atoms with Crippen LogP contribution in [0.2, 0.25) is 0 Å². The maximum absolute atomic E-state index is 13.2. The average molecular weight is 201 g/mol. The maximum Gasteiger partial charge on any atom is 0.194 e. The molecule has 0 bridgehead atoms.